The third kappa shape index (κ3) is 34.9. The van der Waals surface area contributed by atoms with Gasteiger partial charge in [-0.25, -0.2) is 14.8 Å². The molecule has 4 aromatic rings. The molecule has 3 heterocycles. The first-order valence-corrected chi connectivity index (χ1v) is 41.1. The SMILES string of the molecule is CC[C@H](C)[C@H](NC(=O)[C@H](Cc1ccc(O)cc1)NC(=O)[C@@H](NC(=O)[C@H](CCCN=C(N)N)NC(=O)[C@@H](N)CC(=O)O)C(C)C)C(=O)N[C@@H](Cc1c[nH]cn1)C(=O)N1CCC[C@H]1C(=O)N[C@@H](Cc1ccccc1)C(=O)N[C@@H](Cc1c[nH]cn1)C(=O)N[C@@H](CC(C)C)C(=O)N[C@@H](CC(C)C)C(=O)N[C@@H](CCC(=O)O)C(=O)N[C@@H](CCC(=O)O)C(=O)N[C@@H](CO)C(=O)O. The molecule has 0 unspecified atom stereocenters. The molecule has 1 aliphatic rings. The second-order valence-electron chi connectivity index (χ2n) is 31.8. The summed E-state index contributed by atoms with van der Waals surface area (Å²) in [6.07, 6.45) is 1.20. The molecule has 26 N–H and O–H groups in total. The van der Waals surface area contributed by atoms with Gasteiger partial charge in [-0.2, -0.15) is 0 Å². The van der Waals surface area contributed by atoms with Gasteiger partial charge < -0.3 is 127 Å². The summed E-state index contributed by atoms with van der Waals surface area (Å²) in [6.45, 7) is 12.2. The minimum atomic E-state index is -1.88. The molecule has 44 nitrogen and oxygen atoms in total. The molecule has 13 amide bonds. The van der Waals surface area contributed by atoms with E-state index in [1.807, 2.05) is 5.32 Å². The van der Waals surface area contributed by atoms with Crippen LogP contribution in [0.5, 0.6) is 5.75 Å². The van der Waals surface area contributed by atoms with Crippen molar-refractivity contribution in [3.05, 3.63) is 102 Å². The van der Waals surface area contributed by atoms with Crippen molar-refractivity contribution in [3.63, 3.8) is 0 Å². The fourth-order valence-electron chi connectivity index (χ4n) is 13.4. The normalized spacial score (nSPS) is 15.8. The number of imidazole rings is 2. The Labute approximate surface area is 720 Å². The van der Waals surface area contributed by atoms with Crippen LogP contribution in [0.1, 0.15) is 155 Å². The number of aliphatic hydroxyl groups is 1. The predicted molar refractivity (Wildman–Crippen MR) is 446 cm³/mol. The van der Waals surface area contributed by atoms with Crippen molar-refractivity contribution in [2.24, 2.45) is 45.9 Å². The van der Waals surface area contributed by atoms with Gasteiger partial charge in [0.25, 0.3) is 0 Å². The van der Waals surface area contributed by atoms with Gasteiger partial charge in [0.2, 0.25) is 76.8 Å². The number of carbonyl (C=O) groups is 17. The number of aliphatic hydroxyl groups excluding tert-OH is 1. The van der Waals surface area contributed by atoms with E-state index in [2.05, 4.69) is 83.4 Å². The standard InChI is InChI=1S/C81H119N21O23/c1-9-44(8)66(101-75(119)57(32-46-19-21-49(104)22-20-46)97-77(121)65(43(6)7)100-70(114)51(17-13-27-87-81(83)84)90-67(111)50(82)35-64(109)110)78(122)98-59(34-48-37-86-40-89-48)79(123)102-28-14-18-61(102)76(120)96-56(31-45-15-11-10-12-16-45)73(117)95-58(33-47-36-85-39-88-47)74(118)94-55(30-42(4)5)72(116)93-54(29-41(2)3)71(115)92-52(23-25-62(105)106)68(112)91-53(24-26-63(107)108)69(113)99-60(38-103)80(124)125/h10-12,15-16,19-22,36-37,39-44,50-61,65-66,103-104H,9,13-14,17-18,23-35,38,82H2,1-8H3,(H,85,88)(H,86,89)(H,90,111)(H,91,112)(H,92,115)(H,93,116)(H,94,118)(H,95,117)(H,96,120)(H,97,121)(H,98,122)(H,99,113)(H,100,114)(H,101,119)(H,105,106)(H,107,108)(H,109,110)(H,124,125)(H4,83,84,87)/t44-,50-,51-,52-,53-,54-,55-,56-,57-,58-,59-,60-,61-,65-,66-/m0/s1. The Morgan fingerprint density at radius 3 is 1.38 bits per heavy atom. The van der Waals surface area contributed by atoms with Crippen molar-refractivity contribution in [3.8, 4) is 5.75 Å². The van der Waals surface area contributed by atoms with Gasteiger partial charge in [-0.05, 0) is 98.3 Å². The monoisotopic (exact) mass is 1750 g/mol. The van der Waals surface area contributed by atoms with Crippen LogP contribution in [0, 0.1) is 23.7 Å². The second kappa shape index (κ2) is 51.1. The number of guanidine groups is 1. The van der Waals surface area contributed by atoms with E-state index in [1.165, 1.54) is 54.2 Å². The van der Waals surface area contributed by atoms with Crippen molar-refractivity contribution in [2.75, 3.05) is 19.7 Å². The number of aromatic nitrogens is 4. The number of carbonyl (C=O) groups excluding carboxylic acids is 13. The molecule has 0 bridgehead atoms. The van der Waals surface area contributed by atoms with Crippen molar-refractivity contribution >= 4 is 107 Å². The van der Waals surface area contributed by atoms with E-state index in [-0.39, 0.29) is 119 Å². The number of benzene rings is 2. The average Bonchev–Trinajstić information content (AvgIpc) is 1.68. The van der Waals surface area contributed by atoms with E-state index in [9.17, 15) is 93.0 Å². The Morgan fingerprint density at radius 1 is 0.488 bits per heavy atom. The number of phenolic OH excluding ortho intramolecular Hbond substituents is 1. The van der Waals surface area contributed by atoms with Crippen LogP contribution in [-0.4, -0.2) is 266 Å². The number of rotatable bonds is 54. The minimum absolute atomic E-state index is 0.00893. The fourth-order valence-corrected chi connectivity index (χ4v) is 13.4. The van der Waals surface area contributed by atoms with Crippen LogP contribution < -0.4 is 81.0 Å². The Balaban J connectivity index is 1.43. The number of phenols is 1. The molecule has 0 aliphatic carbocycles. The van der Waals surface area contributed by atoms with Crippen molar-refractivity contribution in [2.45, 2.75) is 243 Å². The zero-order valence-electron chi connectivity index (χ0n) is 71.0. The van der Waals surface area contributed by atoms with Gasteiger partial charge in [-0.1, -0.05) is 104 Å². The largest absolute Gasteiger partial charge is 0.508 e. The van der Waals surface area contributed by atoms with E-state index >= 15 is 19.2 Å². The summed E-state index contributed by atoms with van der Waals surface area (Å²) in [7, 11) is 0. The van der Waals surface area contributed by atoms with Crippen LogP contribution in [0.3, 0.4) is 0 Å². The summed E-state index contributed by atoms with van der Waals surface area (Å²) in [4.78, 5) is 255. The number of nitrogens with two attached hydrogens (primary N) is 3. The molecular formula is C81H119N21O23. The molecule has 686 valence electrons. The minimum Gasteiger partial charge on any atom is -0.508 e. The number of nitrogens with one attached hydrogen (secondary N) is 14. The Kier molecular flexibility index (Phi) is 41.8. The summed E-state index contributed by atoms with van der Waals surface area (Å²) >= 11 is 0. The van der Waals surface area contributed by atoms with Crippen molar-refractivity contribution < 1.29 is 112 Å². The maximum absolute atomic E-state index is 15.4. The van der Waals surface area contributed by atoms with Crippen LogP contribution in [0.25, 0.3) is 0 Å². The molecule has 2 aromatic heterocycles. The summed E-state index contributed by atoms with van der Waals surface area (Å²) in [6, 6.07) is -7.76. The Morgan fingerprint density at radius 2 is 0.904 bits per heavy atom. The Hall–Kier alpha value is -13.2. The predicted octanol–water partition coefficient (Wildman–Crippen LogP) is -3.63. The number of nitrogens with zero attached hydrogens (tertiary/aromatic N) is 4. The molecule has 44 heteroatoms. The molecule has 5 rings (SSSR count). The van der Waals surface area contributed by atoms with E-state index in [1.54, 1.807) is 85.7 Å². The summed E-state index contributed by atoms with van der Waals surface area (Å²) < 4.78 is 0. The average molecular weight is 1750 g/mol. The third-order valence-electron chi connectivity index (χ3n) is 20.3. The topological polar surface area (TPSA) is 707 Å². The molecule has 0 spiro atoms. The lowest BCUT2D eigenvalue weighted by Crippen LogP contribution is -2.62. The molecule has 125 heavy (non-hydrogen) atoms. The van der Waals surface area contributed by atoms with Crippen LogP contribution in [-0.2, 0) is 107 Å². The lowest BCUT2D eigenvalue weighted by atomic mass is 9.96. The third-order valence-corrected chi connectivity index (χ3v) is 20.3. The first-order valence-electron chi connectivity index (χ1n) is 41.1. The van der Waals surface area contributed by atoms with Gasteiger partial charge in [0.15, 0.2) is 5.96 Å². The molecule has 0 saturated carbocycles. The van der Waals surface area contributed by atoms with Gasteiger partial charge in [0, 0.05) is 64.0 Å². The number of hydrogen-bond acceptors (Lipinski definition) is 23. The molecule has 1 fully saturated rings. The lowest BCUT2D eigenvalue weighted by molar-refractivity contribution is -0.144. The quantitative estimate of drug-likeness (QED) is 0.0115. The molecule has 15 atom stereocenters. The van der Waals surface area contributed by atoms with E-state index in [4.69, 9.17) is 17.2 Å². The highest BCUT2D eigenvalue weighted by Gasteiger charge is 2.43. The summed E-state index contributed by atoms with van der Waals surface area (Å²) in [5, 5.41) is 88.3. The van der Waals surface area contributed by atoms with Crippen LogP contribution >= 0.6 is 0 Å². The highest BCUT2D eigenvalue weighted by Crippen LogP contribution is 2.23. The zero-order chi connectivity index (χ0) is 92.9. The molecule has 2 aromatic carbocycles. The second-order valence-corrected chi connectivity index (χ2v) is 31.8. The number of amides is 13. The van der Waals surface area contributed by atoms with Gasteiger partial charge in [0.05, 0.1) is 43.1 Å². The fraction of sp³-hybridized carbons (Fsp3) is 0.556. The van der Waals surface area contributed by atoms with Crippen molar-refractivity contribution in [1.29, 1.82) is 0 Å². The number of likely N-dealkylation sites (tertiary alicyclic amines) is 1. The summed E-state index contributed by atoms with van der Waals surface area (Å²) in [5.74, 6) is -21.0. The number of H-pyrrole nitrogens is 2. The first-order chi connectivity index (χ1) is 59.1. The first kappa shape index (κ1) is 102. The summed E-state index contributed by atoms with van der Waals surface area (Å²) in [5.41, 5.74) is 18.2. The molecule has 1 saturated heterocycles. The highest BCUT2D eigenvalue weighted by atomic mass is 16.4. The van der Waals surface area contributed by atoms with Crippen molar-refractivity contribution in [1.82, 2.24) is 88.6 Å². The van der Waals surface area contributed by atoms with Gasteiger partial charge in [-0.15, -0.1) is 0 Å². The molecule has 0 radical (unpaired) electrons. The maximum atomic E-state index is 15.4. The smallest absolute Gasteiger partial charge is 0.328 e. The van der Waals surface area contributed by atoms with Gasteiger partial charge in [0.1, 0.15) is 84.3 Å². The maximum Gasteiger partial charge on any atom is 0.328 e. The number of aliphatic carboxylic acids is 4. The number of aromatic hydroxyl groups is 1. The van der Waals surface area contributed by atoms with E-state index in [0.29, 0.717) is 11.1 Å². The van der Waals surface area contributed by atoms with Crippen LogP contribution in [0.2, 0.25) is 0 Å². The number of aromatic amines is 2. The van der Waals surface area contributed by atoms with Crippen LogP contribution in [0.4, 0.5) is 0 Å². The Bertz CT molecular complexity index is 4340. The van der Waals surface area contributed by atoms with Crippen LogP contribution in [0.15, 0.2) is 84.6 Å². The van der Waals surface area contributed by atoms with E-state index < -0.39 is 236 Å². The van der Waals surface area contributed by atoms with Gasteiger partial charge >= 0.3 is 23.9 Å². The highest BCUT2D eigenvalue weighted by molar-refractivity contribution is 6.01. The number of carboxylic acids is 4. The van der Waals surface area contributed by atoms with Gasteiger partial charge in [-0.3, -0.25) is 81.7 Å². The number of hydrogen-bond donors (Lipinski definition) is 23. The number of aliphatic imine (C=N–C) groups is 1. The zero-order valence-corrected chi connectivity index (χ0v) is 71.0. The van der Waals surface area contributed by atoms with E-state index in [0.717, 1.165) is 0 Å². The number of carboxylic acid groups (broad SMARTS) is 4. The lowest BCUT2D eigenvalue weighted by Gasteiger charge is -2.32. The molecule has 1 aliphatic heterocycles. The molecular weight excluding hydrogens is 1640 g/mol.